The van der Waals surface area contributed by atoms with E-state index in [-0.39, 0.29) is 25.7 Å². The highest BCUT2D eigenvalue weighted by molar-refractivity contribution is 7.47. The summed E-state index contributed by atoms with van der Waals surface area (Å²) in [5.74, 6) is -1.31. The van der Waals surface area contributed by atoms with E-state index in [1.807, 2.05) is 0 Å². The van der Waals surface area contributed by atoms with Crippen LogP contribution in [-0.4, -0.2) is 96.7 Å². The van der Waals surface area contributed by atoms with Gasteiger partial charge in [-0.2, -0.15) is 0 Å². The van der Waals surface area contributed by atoms with Gasteiger partial charge in [0, 0.05) is 25.7 Å². The van der Waals surface area contributed by atoms with E-state index >= 15 is 0 Å². The van der Waals surface area contributed by atoms with Crippen molar-refractivity contribution in [3.63, 3.8) is 0 Å². The Balaban J connectivity index is 5.24. The van der Waals surface area contributed by atoms with Crippen LogP contribution in [0.3, 0.4) is 0 Å². The molecule has 672 valence electrons. The van der Waals surface area contributed by atoms with E-state index in [9.17, 15) is 43.2 Å². The van der Waals surface area contributed by atoms with Crippen LogP contribution in [-0.2, 0) is 65.4 Å². The van der Waals surface area contributed by atoms with Crippen LogP contribution in [0.15, 0.2) is 0 Å². The zero-order valence-corrected chi connectivity index (χ0v) is 76.3. The molecule has 3 N–H and O–H groups in total. The van der Waals surface area contributed by atoms with Crippen LogP contribution in [0, 0.1) is 5.92 Å². The summed E-state index contributed by atoms with van der Waals surface area (Å²) in [5.41, 5.74) is 0. The first-order valence-electron chi connectivity index (χ1n) is 48.7. The summed E-state index contributed by atoms with van der Waals surface area (Å²) >= 11 is 0. The van der Waals surface area contributed by atoms with Crippen molar-refractivity contribution < 1.29 is 80.2 Å². The van der Waals surface area contributed by atoms with E-state index in [0.717, 1.165) is 95.8 Å². The van der Waals surface area contributed by atoms with Crippen molar-refractivity contribution >= 4 is 39.5 Å². The number of carbonyl (C=O) groups excluding carboxylic acids is 4. The van der Waals surface area contributed by atoms with Crippen LogP contribution < -0.4 is 0 Å². The zero-order valence-electron chi connectivity index (χ0n) is 74.5. The van der Waals surface area contributed by atoms with Crippen molar-refractivity contribution in [2.24, 2.45) is 5.92 Å². The van der Waals surface area contributed by atoms with Gasteiger partial charge in [-0.25, -0.2) is 9.13 Å². The monoisotopic (exact) mass is 1650 g/mol. The maximum Gasteiger partial charge on any atom is 0.472 e. The first-order valence-corrected chi connectivity index (χ1v) is 51.7. The first-order chi connectivity index (χ1) is 55.1. The molecule has 0 saturated heterocycles. The lowest BCUT2D eigenvalue weighted by Crippen LogP contribution is -2.30. The van der Waals surface area contributed by atoms with Crippen molar-refractivity contribution in [2.45, 2.75) is 534 Å². The minimum Gasteiger partial charge on any atom is -0.462 e. The molecule has 0 aromatic carbocycles. The molecule has 0 amide bonds. The predicted octanol–water partition coefficient (Wildman–Crippen LogP) is 29.5. The Hall–Kier alpha value is -1.94. The van der Waals surface area contributed by atoms with E-state index in [2.05, 4.69) is 34.6 Å². The summed E-state index contributed by atoms with van der Waals surface area (Å²) in [6.07, 6.45) is 83.5. The van der Waals surface area contributed by atoms with Gasteiger partial charge >= 0.3 is 39.5 Å². The number of hydrogen-bond acceptors (Lipinski definition) is 15. The molecule has 0 aliphatic rings. The molecule has 0 bridgehead atoms. The van der Waals surface area contributed by atoms with Crippen molar-refractivity contribution in [2.75, 3.05) is 39.6 Å². The van der Waals surface area contributed by atoms with E-state index in [1.165, 1.54) is 340 Å². The third-order valence-corrected chi connectivity index (χ3v) is 24.5. The highest BCUT2D eigenvalue weighted by Crippen LogP contribution is 2.45. The molecule has 0 fully saturated rings. The SMILES string of the molecule is CCCCCCCCCCCCCCCCCCCCCCCCC(=O)O[C@H](COC(=O)CCCCCCCCCCCCCCCCCCCCCC)COP(=O)(O)OC[C@@H](O)COP(=O)(O)OC[C@@H](COC(=O)CCCCCCCCCCC(C)CC)OC(=O)CCCCCCCCCCCCCCCCCCCCC. The summed E-state index contributed by atoms with van der Waals surface area (Å²) in [6.45, 7) is 7.41. The van der Waals surface area contributed by atoms with Crippen molar-refractivity contribution in [3.05, 3.63) is 0 Å². The third kappa shape index (κ3) is 86.3. The van der Waals surface area contributed by atoms with Crippen LogP contribution in [0.25, 0.3) is 0 Å². The van der Waals surface area contributed by atoms with Crippen LogP contribution >= 0.6 is 15.6 Å². The molecule has 0 radical (unpaired) electrons. The topological polar surface area (TPSA) is 237 Å². The fourth-order valence-corrected chi connectivity index (χ4v) is 16.4. The van der Waals surface area contributed by atoms with Crippen LogP contribution in [0.1, 0.15) is 516 Å². The molecule has 0 saturated carbocycles. The highest BCUT2D eigenvalue weighted by Gasteiger charge is 2.31. The Morgan fingerprint density at radius 3 is 0.628 bits per heavy atom. The second kappa shape index (κ2) is 86.4. The second-order valence-electron chi connectivity index (χ2n) is 34.0. The van der Waals surface area contributed by atoms with Gasteiger partial charge in [0.1, 0.15) is 19.3 Å². The van der Waals surface area contributed by atoms with E-state index in [1.54, 1.807) is 0 Å². The Kier molecular flexibility index (Phi) is 85.0. The van der Waals surface area contributed by atoms with Gasteiger partial charge in [0.15, 0.2) is 12.2 Å². The molecule has 17 nitrogen and oxygen atoms in total. The first kappa shape index (κ1) is 111. The molecular weight excluding hydrogens is 1460 g/mol. The van der Waals surface area contributed by atoms with E-state index in [4.69, 9.17) is 37.0 Å². The van der Waals surface area contributed by atoms with Gasteiger partial charge in [0.25, 0.3) is 0 Å². The Bertz CT molecular complexity index is 2140. The molecule has 0 aliphatic carbocycles. The molecule has 3 unspecified atom stereocenters. The summed E-state index contributed by atoms with van der Waals surface area (Å²) < 4.78 is 69.2. The van der Waals surface area contributed by atoms with Gasteiger partial charge in [-0.15, -0.1) is 0 Å². The minimum atomic E-state index is -4.97. The molecule has 0 heterocycles. The number of unbranched alkanes of at least 4 members (excludes halogenated alkanes) is 65. The number of ether oxygens (including phenoxy) is 4. The normalized spacial score (nSPS) is 13.9. The number of carbonyl (C=O) groups is 4. The second-order valence-corrected chi connectivity index (χ2v) is 36.9. The number of phosphoric ester groups is 2. The Labute approximate surface area is 696 Å². The maximum atomic E-state index is 13.2. The average molecular weight is 1650 g/mol. The van der Waals surface area contributed by atoms with E-state index < -0.39 is 97.5 Å². The average Bonchev–Trinajstić information content (AvgIpc) is 0.903. The zero-order chi connectivity index (χ0) is 82.6. The predicted molar refractivity (Wildman–Crippen MR) is 469 cm³/mol. The number of phosphoric acid groups is 2. The smallest absolute Gasteiger partial charge is 0.462 e. The van der Waals surface area contributed by atoms with Gasteiger partial charge in [-0.3, -0.25) is 37.3 Å². The third-order valence-electron chi connectivity index (χ3n) is 22.6. The lowest BCUT2D eigenvalue weighted by atomic mass is 9.99. The number of aliphatic hydroxyl groups excluding tert-OH is 1. The van der Waals surface area contributed by atoms with Gasteiger partial charge in [-0.1, -0.05) is 465 Å². The highest BCUT2D eigenvalue weighted by atomic mass is 31.2. The molecular formula is C94H184O17P2. The summed E-state index contributed by atoms with van der Waals surface area (Å²) in [5, 5.41) is 10.7. The molecule has 0 aromatic rings. The summed E-state index contributed by atoms with van der Waals surface area (Å²) in [4.78, 5) is 73.5. The van der Waals surface area contributed by atoms with Crippen molar-refractivity contribution in [3.8, 4) is 0 Å². The lowest BCUT2D eigenvalue weighted by molar-refractivity contribution is -0.161. The molecule has 113 heavy (non-hydrogen) atoms. The number of rotatable bonds is 94. The lowest BCUT2D eigenvalue weighted by Gasteiger charge is -2.21. The maximum absolute atomic E-state index is 13.2. The molecule has 0 rings (SSSR count). The standard InChI is InChI=1S/C94H184O17P2/c1-6-10-13-16-19-22-25-28-31-34-37-39-40-43-46-49-52-55-58-65-70-74-79-93(98)110-89(83-104-91(96)77-72-67-62-56-53-50-47-44-42-38-35-32-29-26-23-20-17-14-11-7-2)85-108-112(100,101)106-81-88(95)82-107-113(102,103)109-86-90(84-105-92(97)78-73-68-63-60-59-61-66-71-76-87(5)9-4)111-94(99)80-75-69-64-57-54-51-48-45-41-36-33-30-27-24-21-18-15-12-8-3/h87-90,95H,6-86H2,1-5H3,(H,100,101)(H,102,103)/t87?,88-,89-,90-/m1/s1. The quantitative estimate of drug-likeness (QED) is 0.0222. The molecule has 0 aromatic heterocycles. The van der Waals surface area contributed by atoms with Gasteiger partial charge in [0.2, 0.25) is 0 Å². The Morgan fingerprint density at radius 1 is 0.248 bits per heavy atom. The number of hydrogen-bond donors (Lipinski definition) is 3. The Morgan fingerprint density at radius 2 is 0.425 bits per heavy atom. The molecule has 0 aliphatic heterocycles. The van der Waals surface area contributed by atoms with Crippen molar-refractivity contribution in [1.29, 1.82) is 0 Å². The van der Waals surface area contributed by atoms with Crippen LogP contribution in [0.4, 0.5) is 0 Å². The number of esters is 4. The fraction of sp³-hybridized carbons (Fsp3) is 0.957. The summed E-state index contributed by atoms with van der Waals surface area (Å²) in [6, 6.07) is 0. The molecule has 6 atom stereocenters. The van der Waals surface area contributed by atoms with Gasteiger partial charge < -0.3 is 33.8 Å². The van der Waals surface area contributed by atoms with Crippen LogP contribution in [0.5, 0.6) is 0 Å². The van der Waals surface area contributed by atoms with E-state index in [0.29, 0.717) is 25.7 Å². The fourth-order valence-electron chi connectivity index (χ4n) is 14.9. The van der Waals surface area contributed by atoms with Gasteiger partial charge in [-0.05, 0) is 31.6 Å². The number of aliphatic hydroxyl groups is 1. The molecule has 0 spiro atoms. The van der Waals surface area contributed by atoms with Crippen molar-refractivity contribution in [1.82, 2.24) is 0 Å². The largest absolute Gasteiger partial charge is 0.472 e. The summed E-state index contributed by atoms with van der Waals surface area (Å²) in [7, 11) is -9.94. The minimum absolute atomic E-state index is 0.109. The molecule has 19 heteroatoms. The van der Waals surface area contributed by atoms with Crippen LogP contribution in [0.2, 0.25) is 0 Å². The van der Waals surface area contributed by atoms with Gasteiger partial charge in [0.05, 0.1) is 26.4 Å².